The van der Waals surface area contributed by atoms with Crippen LogP contribution in [-0.4, -0.2) is 70.1 Å². The molecule has 0 aromatic heterocycles. The molecule has 8 nitrogen and oxygen atoms in total. The Morgan fingerprint density at radius 1 is 1.20 bits per heavy atom. The number of carbonyl (C=O) groups excluding carboxylic acids is 5. The summed E-state index contributed by atoms with van der Waals surface area (Å²) in [5.74, 6) is -1.40. The average Bonchev–Trinajstić information content (AvgIpc) is 3.02. The van der Waals surface area contributed by atoms with Crippen LogP contribution in [0.1, 0.15) is 20.3 Å². The molecule has 0 aromatic carbocycles. The van der Waals surface area contributed by atoms with Gasteiger partial charge in [0, 0.05) is 24.5 Å². The maximum absolute atomic E-state index is 12.2. The Morgan fingerprint density at radius 2 is 1.84 bits per heavy atom. The fourth-order valence-corrected chi connectivity index (χ4v) is 3.47. The maximum atomic E-state index is 12.2. The number of hydrogen-bond acceptors (Lipinski definition) is 7. The highest BCUT2D eigenvalue weighted by Gasteiger charge is 2.38. The number of ketones is 1. The number of thioether (sulfide) groups is 1. The van der Waals surface area contributed by atoms with Gasteiger partial charge in [-0.1, -0.05) is 13.8 Å². The minimum absolute atomic E-state index is 0.0247. The van der Waals surface area contributed by atoms with Crippen molar-refractivity contribution in [2.24, 2.45) is 5.92 Å². The van der Waals surface area contributed by atoms with E-state index in [4.69, 9.17) is 4.74 Å². The first-order chi connectivity index (χ1) is 11.8. The summed E-state index contributed by atoms with van der Waals surface area (Å²) in [5.41, 5.74) is 0. The van der Waals surface area contributed by atoms with Crippen LogP contribution < -0.4 is 0 Å². The van der Waals surface area contributed by atoms with E-state index >= 15 is 0 Å². The standard InChI is InChI=1S/C16H20N2O6S/c1-10(2)11(19)8-25-12-7-15(22)17(16(12)23)5-6-24-9-18-13(20)3-4-14(18)21/h3-4,10,12H,5-9H2,1-2H3. The number of imide groups is 2. The van der Waals surface area contributed by atoms with Crippen molar-refractivity contribution in [2.45, 2.75) is 25.5 Å². The van der Waals surface area contributed by atoms with E-state index in [2.05, 4.69) is 0 Å². The highest BCUT2D eigenvalue weighted by Crippen LogP contribution is 2.25. The molecule has 0 saturated carbocycles. The zero-order valence-corrected chi connectivity index (χ0v) is 14.9. The van der Waals surface area contributed by atoms with Crippen molar-refractivity contribution in [3.63, 3.8) is 0 Å². The van der Waals surface area contributed by atoms with E-state index in [0.29, 0.717) is 0 Å². The molecule has 9 heteroatoms. The molecule has 2 aliphatic heterocycles. The molecule has 4 amide bonds. The predicted molar refractivity (Wildman–Crippen MR) is 89.2 cm³/mol. The number of ether oxygens (including phenoxy) is 1. The van der Waals surface area contributed by atoms with Crippen LogP contribution in [0.5, 0.6) is 0 Å². The van der Waals surface area contributed by atoms with E-state index in [1.165, 1.54) is 11.8 Å². The number of hydrogen-bond donors (Lipinski definition) is 0. The summed E-state index contributed by atoms with van der Waals surface area (Å²) in [6.45, 7) is 3.44. The lowest BCUT2D eigenvalue weighted by atomic mass is 10.1. The number of carbonyl (C=O) groups is 5. The van der Waals surface area contributed by atoms with Gasteiger partial charge in [0.25, 0.3) is 11.8 Å². The first kappa shape index (κ1) is 19.3. The number of likely N-dealkylation sites (tertiary alicyclic amines) is 1. The van der Waals surface area contributed by atoms with Gasteiger partial charge in [-0.25, -0.2) is 0 Å². The van der Waals surface area contributed by atoms with Crippen molar-refractivity contribution in [3.05, 3.63) is 12.2 Å². The second kappa shape index (κ2) is 8.39. The van der Waals surface area contributed by atoms with Gasteiger partial charge < -0.3 is 4.74 Å². The van der Waals surface area contributed by atoms with Crippen LogP contribution in [0.15, 0.2) is 12.2 Å². The van der Waals surface area contributed by atoms with Crippen LogP contribution in [0.25, 0.3) is 0 Å². The van der Waals surface area contributed by atoms with Crippen LogP contribution in [0.2, 0.25) is 0 Å². The highest BCUT2D eigenvalue weighted by molar-refractivity contribution is 8.01. The number of rotatable bonds is 9. The molecule has 1 atom stereocenters. The van der Waals surface area contributed by atoms with Gasteiger partial charge in [-0.05, 0) is 0 Å². The molecule has 0 aromatic rings. The SMILES string of the molecule is CC(C)C(=O)CSC1CC(=O)N(CCOCN2C(=O)C=CC2=O)C1=O. The molecule has 0 N–H and O–H groups in total. The zero-order valence-electron chi connectivity index (χ0n) is 14.1. The minimum atomic E-state index is -0.541. The lowest BCUT2D eigenvalue weighted by Crippen LogP contribution is -2.37. The summed E-state index contributed by atoms with van der Waals surface area (Å²) in [6.07, 6.45) is 2.38. The number of amides is 4. The van der Waals surface area contributed by atoms with Crippen LogP contribution >= 0.6 is 11.8 Å². The molecule has 0 aliphatic carbocycles. The summed E-state index contributed by atoms with van der Waals surface area (Å²) in [4.78, 5) is 60.5. The van der Waals surface area contributed by atoms with Crippen molar-refractivity contribution >= 4 is 41.2 Å². The second-order valence-electron chi connectivity index (χ2n) is 5.98. The Labute approximate surface area is 149 Å². The molecule has 1 saturated heterocycles. The summed E-state index contributed by atoms with van der Waals surface area (Å²) in [6, 6.07) is 0. The Morgan fingerprint density at radius 3 is 2.44 bits per heavy atom. The first-order valence-electron chi connectivity index (χ1n) is 7.91. The van der Waals surface area contributed by atoms with Crippen molar-refractivity contribution in [1.82, 2.24) is 9.80 Å². The Kier molecular flexibility index (Phi) is 6.49. The molecule has 2 heterocycles. The summed E-state index contributed by atoms with van der Waals surface area (Å²) in [5, 5.41) is -0.541. The van der Waals surface area contributed by atoms with Crippen LogP contribution in [-0.2, 0) is 28.7 Å². The third-order valence-corrected chi connectivity index (χ3v) is 5.08. The molecule has 136 valence electrons. The van der Waals surface area contributed by atoms with E-state index in [0.717, 1.165) is 22.0 Å². The highest BCUT2D eigenvalue weighted by atomic mass is 32.2. The number of nitrogens with zero attached hydrogens (tertiary/aromatic N) is 2. The largest absolute Gasteiger partial charge is 0.359 e. The van der Waals surface area contributed by atoms with Crippen molar-refractivity contribution in [1.29, 1.82) is 0 Å². The van der Waals surface area contributed by atoms with Gasteiger partial charge in [-0.15, -0.1) is 11.8 Å². The van der Waals surface area contributed by atoms with Crippen LogP contribution in [0.4, 0.5) is 0 Å². The monoisotopic (exact) mass is 368 g/mol. The van der Waals surface area contributed by atoms with E-state index in [9.17, 15) is 24.0 Å². The van der Waals surface area contributed by atoms with Crippen molar-refractivity contribution in [3.8, 4) is 0 Å². The van der Waals surface area contributed by atoms with Crippen LogP contribution in [0, 0.1) is 5.92 Å². The van der Waals surface area contributed by atoms with Gasteiger partial charge in [-0.3, -0.25) is 33.8 Å². The third kappa shape index (κ3) is 4.76. The van der Waals surface area contributed by atoms with Gasteiger partial charge in [-0.2, -0.15) is 0 Å². The topological polar surface area (TPSA) is 101 Å². The molecule has 2 rings (SSSR count). The molecule has 1 fully saturated rings. The van der Waals surface area contributed by atoms with E-state index in [-0.39, 0.29) is 55.6 Å². The summed E-state index contributed by atoms with van der Waals surface area (Å²) >= 11 is 1.19. The fraction of sp³-hybridized carbons (Fsp3) is 0.562. The minimum Gasteiger partial charge on any atom is -0.359 e. The second-order valence-corrected chi connectivity index (χ2v) is 7.17. The van der Waals surface area contributed by atoms with Gasteiger partial charge >= 0.3 is 0 Å². The fourth-order valence-electron chi connectivity index (χ4n) is 2.24. The van der Waals surface area contributed by atoms with Gasteiger partial charge in [0.2, 0.25) is 11.8 Å². The summed E-state index contributed by atoms with van der Waals surface area (Å²) < 4.78 is 5.22. The third-order valence-electron chi connectivity index (χ3n) is 3.85. The zero-order chi connectivity index (χ0) is 18.6. The molecular weight excluding hydrogens is 348 g/mol. The van der Waals surface area contributed by atoms with E-state index < -0.39 is 17.1 Å². The Balaban J connectivity index is 1.74. The predicted octanol–water partition coefficient (Wildman–Crippen LogP) is -0.0287. The van der Waals surface area contributed by atoms with Gasteiger partial charge in [0.15, 0.2) is 0 Å². The van der Waals surface area contributed by atoms with Crippen LogP contribution in [0.3, 0.4) is 0 Å². The van der Waals surface area contributed by atoms with Gasteiger partial charge in [0.1, 0.15) is 12.5 Å². The van der Waals surface area contributed by atoms with Crippen molar-refractivity contribution in [2.75, 3.05) is 25.6 Å². The lowest BCUT2D eigenvalue weighted by molar-refractivity contribution is -0.146. The van der Waals surface area contributed by atoms with E-state index in [1.54, 1.807) is 13.8 Å². The summed E-state index contributed by atoms with van der Waals surface area (Å²) in [7, 11) is 0. The molecule has 2 aliphatic rings. The number of Topliss-reactive ketones (excluding diaryl/α,β-unsaturated/α-hetero) is 1. The molecular formula is C16H20N2O6S. The molecule has 0 spiro atoms. The molecule has 1 unspecified atom stereocenters. The maximum Gasteiger partial charge on any atom is 0.255 e. The Bertz CT molecular complexity index is 612. The molecule has 0 bridgehead atoms. The quantitative estimate of drug-likeness (QED) is 0.416. The molecule has 0 radical (unpaired) electrons. The normalized spacial score (nSPS) is 20.5. The first-order valence-corrected chi connectivity index (χ1v) is 8.96. The Hall–Kier alpha value is -2.00. The average molecular weight is 368 g/mol. The lowest BCUT2D eigenvalue weighted by Gasteiger charge is -2.17. The smallest absolute Gasteiger partial charge is 0.255 e. The molecule has 25 heavy (non-hydrogen) atoms. The van der Waals surface area contributed by atoms with Gasteiger partial charge in [0.05, 0.1) is 24.2 Å². The van der Waals surface area contributed by atoms with Crippen molar-refractivity contribution < 1.29 is 28.7 Å². The van der Waals surface area contributed by atoms with E-state index in [1.807, 2.05) is 0 Å².